The lowest BCUT2D eigenvalue weighted by Crippen LogP contribution is -2.47. The average molecular weight is 461 g/mol. The molecule has 0 bridgehead atoms. The van der Waals surface area contributed by atoms with E-state index in [1.807, 2.05) is 39.2 Å². The zero-order valence-electron chi connectivity index (χ0n) is 20.5. The summed E-state index contributed by atoms with van der Waals surface area (Å²) in [5, 5.41) is 15.7. The van der Waals surface area contributed by atoms with Gasteiger partial charge in [0.1, 0.15) is 11.9 Å². The first kappa shape index (κ1) is 25.3. The summed E-state index contributed by atoms with van der Waals surface area (Å²) in [6.07, 6.45) is 5.61. The van der Waals surface area contributed by atoms with Crippen molar-refractivity contribution in [2.24, 2.45) is 5.92 Å². The Balaban J connectivity index is 1.82. The third-order valence-electron chi connectivity index (χ3n) is 6.66. The Labute approximate surface area is 197 Å². The molecular formula is C25H40N4O4. The number of carbonyl (C=O) groups excluding carboxylic acids is 2. The van der Waals surface area contributed by atoms with Crippen molar-refractivity contribution in [2.75, 3.05) is 39.1 Å². The fraction of sp³-hybridized carbons (Fsp3) is 0.680. The Kier molecular flexibility index (Phi) is 8.97. The van der Waals surface area contributed by atoms with E-state index in [4.69, 9.17) is 4.74 Å². The molecule has 3 rings (SSSR count). The molecule has 1 fully saturated rings. The quantitative estimate of drug-likeness (QED) is 0.607. The number of nitrogens with one attached hydrogen (secondary N) is 2. The van der Waals surface area contributed by atoms with Gasteiger partial charge in [-0.2, -0.15) is 0 Å². The van der Waals surface area contributed by atoms with E-state index in [9.17, 15) is 14.7 Å². The molecule has 1 aromatic rings. The summed E-state index contributed by atoms with van der Waals surface area (Å²) in [6, 6.07) is 5.24. The molecule has 1 aliphatic carbocycles. The van der Waals surface area contributed by atoms with Gasteiger partial charge < -0.3 is 30.3 Å². The van der Waals surface area contributed by atoms with Gasteiger partial charge in [0.15, 0.2) is 0 Å². The fourth-order valence-electron chi connectivity index (χ4n) is 4.68. The van der Waals surface area contributed by atoms with Gasteiger partial charge in [0, 0.05) is 36.3 Å². The number of urea groups is 1. The molecule has 1 aromatic carbocycles. The molecule has 0 saturated heterocycles. The first-order valence-corrected chi connectivity index (χ1v) is 12.2. The van der Waals surface area contributed by atoms with Crippen molar-refractivity contribution in [1.29, 1.82) is 0 Å². The number of benzene rings is 1. The number of fused-ring (bicyclic) bond motifs is 1. The van der Waals surface area contributed by atoms with Crippen LogP contribution in [-0.2, 0) is 11.2 Å². The van der Waals surface area contributed by atoms with E-state index in [1.54, 1.807) is 4.90 Å². The molecule has 8 heteroatoms. The van der Waals surface area contributed by atoms with Crippen molar-refractivity contribution in [3.05, 3.63) is 23.8 Å². The molecule has 3 atom stereocenters. The third-order valence-corrected chi connectivity index (χ3v) is 6.66. The van der Waals surface area contributed by atoms with Crippen molar-refractivity contribution >= 4 is 17.6 Å². The molecule has 8 nitrogen and oxygen atoms in total. The van der Waals surface area contributed by atoms with Crippen molar-refractivity contribution < 1.29 is 19.4 Å². The van der Waals surface area contributed by atoms with Gasteiger partial charge in [-0.3, -0.25) is 4.79 Å². The molecule has 3 amide bonds. The minimum Gasteiger partial charge on any atom is -0.488 e. The van der Waals surface area contributed by atoms with E-state index in [1.165, 1.54) is 6.42 Å². The monoisotopic (exact) mass is 460 g/mol. The lowest BCUT2D eigenvalue weighted by molar-refractivity contribution is -0.134. The van der Waals surface area contributed by atoms with Crippen LogP contribution in [0, 0.1) is 5.92 Å². The summed E-state index contributed by atoms with van der Waals surface area (Å²) >= 11 is 0. The van der Waals surface area contributed by atoms with Crippen LogP contribution >= 0.6 is 0 Å². The van der Waals surface area contributed by atoms with Crippen LogP contribution in [0.25, 0.3) is 0 Å². The van der Waals surface area contributed by atoms with E-state index in [-0.39, 0.29) is 49.1 Å². The molecule has 184 valence electrons. The highest BCUT2D eigenvalue weighted by Crippen LogP contribution is 2.29. The van der Waals surface area contributed by atoms with Crippen LogP contribution in [0.3, 0.4) is 0 Å². The molecule has 0 spiro atoms. The Hall–Kier alpha value is -2.32. The number of carbonyl (C=O) groups is 2. The number of anilines is 1. The second-order valence-electron chi connectivity index (χ2n) is 9.91. The molecule has 1 heterocycles. The minimum atomic E-state index is -0.274. The number of likely N-dealkylation sites (N-methyl/N-ethyl adjacent to an activating group) is 1. The average Bonchev–Trinajstić information content (AvgIpc) is 2.82. The molecule has 33 heavy (non-hydrogen) atoms. The first-order valence-electron chi connectivity index (χ1n) is 12.2. The maximum absolute atomic E-state index is 13.2. The smallest absolute Gasteiger partial charge is 0.319 e. The fourth-order valence-corrected chi connectivity index (χ4v) is 4.68. The molecule has 2 aliphatic rings. The van der Waals surface area contributed by atoms with Crippen LogP contribution in [0.1, 0.15) is 51.5 Å². The lowest BCUT2D eigenvalue weighted by Gasteiger charge is -2.33. The van der Waals surface area contributed by atoms with E-state index < -0.39 is 0 Å². The van der Waals surface area contributed by atoms with Crippen LogP contribution in [0.4, 0.5) is 10.5 Å². The maximum atomic E-state index is 13.2. The maximum Gasteiger partial charge on any atom is 0.319 e. The Morgan fingerprint density at radius 3 is 2.67 bits per heavy atom. The molecule has 1 saturated carbocycles. The van der Waals surface area contributed by atoms with Gasteiger partial charge in [-0.15, -0.1) is 0 Å². The number of ether oxygens (including phenoxy) is 1. The van der Waals surface area contributed by atoms with Crippen molar-refractivity contribution in [2.45, 2.75) is 70.6 Å². The van der Waals surface area contributed by atoms with Crippen LogP contribution in [0.15, 0.2) is 18.2 Å². The topological polar surface area (TPSA) is 94.1 Å². The summed E-state index contributed by atoms with van der Waals surface area (Å²) < 4.78 is 6.42. The van der Waals surface area contributed by atoms with Crippen molar-refractivity contribution in [1.82, 2.24) is 15.1 Å². The highest BCUT2D eigenvalue weighted by molar-refractivity contribution is 5.90. The van der Waals surface area contributed by atoms with Gasteiger partial charge in [0.2, 0.25) is 5.91 Å². The van der Waals surface area contributed by atoms with Gasteiger partial charge in [-0.25, -0.2) is 4.79 Å². The molecule has 3 N–H and O–H groups in total. The van der Waals surface area contributed by atoms with Gasteiger partial charge in [-0.1, -0.05) is 26.2 Å². The highest BCUT2D eigenvalue weighted by atomic mass is 16.5. The predicted molar refractivity (Wildman–Crippen MR) is 130 cm³/mol. The SMILES string of the molecule is C[C@@H]1CN([C@H](C)CO)C(=O)Cc2cc(NC(=O)NC3CCCCC3)ccc2O[C@@H]1CN(C)C. The summed E-state index contributed by atoms with van der Waals surface area (Å²) in [5.41, 5.74) is 1.38. The number of nitrogens with zero attached hydrogens (tertiary/aromatic N) is 2. The van der Waals surface area contributed by atoms with Crippen molar-refractivity contribution in [3.63, 3.8) is 0 Å². The third kappa shape index (κ3) is 7.08. The van der Waals surface area contributed by atoms with Crippen LogP contribution in [0.5, 0.6) is 5.75 Å². The van der Waals surface area contributed by atoms with Crippen LogP contribution in [-0.4, -0.2) is 78.8 Å². The van der Waals surface area contributed by atoms with E-state index >= 15 is 0 Å². The number of aliphatic hydroxyl groups excluding tert-OH is 1. The molecular weight excluding hydrogens is 420 g/mol. The number of hydrogen-bond donors (Lipinski definition) is 3. The minimum absolute atomic E-state index is 0.0532. The highest BCUT2D eigenvalue weighted by Gasteiger charge is 2.30. The first-order chi connectivity index (χ1) is 15.8. The number of aliphatic hydroxyl groups is 1. The largest absolute Gasteiger partial charge is 0.488 e. The molecule has 0 radical (unpaired) electrons. The number of hydrogen-bond acceptors (Lipinski definition) is 5. The molecule has 1 aliphatic heterocycles. The van der Waals surface area contributed by atoms with Crippen LogP contribution < -0.4 is 15.4 Å². The predicted octanol–water partition coefficient (Wildman–Crippen LogP) is 2.85. The summed E-state index contributed by atoms with van der Waals surface area (Å²) in [4.78, 5) is 29.6. The second kappa shape index (κ2) is 11.7. The number of rotatable bonds is 6. The lowest BCUT2D eigenvalue weighted by atomic mass is 9.96. The summed E-state index contributed by atoms with van der Waals surface area (Å²) in [7, 11) is 4.00. The number of amides is 3. The Morgan fingerprint density at radius 2 is 2.00 bits per heavy atom. The summed E-state index contributed by atoms with van der Waals surface area (Å²) in [6.45, 7) is 5.07. The van der Waals surface area contributed by atoms with Gasteiger partial charge >= 0.3 is 6.03 Å². The zero-order valence-corrected chi connectivity index (χ0v) is 20.5. The van der Waals surface area contributed by atoms with Gasteiger partial charge in [-0.05, 0) is 52.1 Å². The van der Waals surface area contributed by atoms with Crippen LogP contribution in [0.2, 0.25) is 0 Å². The Morgan fingerprint density at radius 1 is 1.27 bits per heavy atom. The van der Waals surface area contributed by atoms with E-state index in [2.05, 4.69) is 22.5 Å². The van der Waals surface area contributed by atoms with Gasteiger partial charge in [0.25, 0.3) is 0 Å². The summed E-state index contributed by atoms with van der Waals surface area (Å²) in [5.74, 6) is 0.691. The molecule has 0 aromatic heterocycles. The van der Waals surface area contributed by atoms with E-state index in [0.717, 1.165) is 31.2 Å². The van der Waals surface area contributed by atoms with Crippen molar-refractivity contribution in [3.8, 4) is 5.75 Å². The Bertz CT molecular complexity index is 810. The normalized spacial score (nSPS) is 23.1. The van der Waals surface area contributed by atoms with E-state index in [0.29, 0.717) is 24.5 Å². The second-order valence-corrected chi connectivity index (χ2v) is 9.91. The molecule has 0 unspecified atom stereocenters. The zero-order chi connectivity index (χ0) is 24.0. The standard InChI is InChI=1S/C25H40N4O4/c1-17-14-29(18(2)16-30)24(31)13-19-12-21(10-11-22(19)33-23(17)15-28(3)4)27-25(32)26-20-8-6-5-7-9-20/h10-12,17-18,20,23,30H,5-9,13-16H2,1-4H3,(H2,26,27,32)/t17-,18-,23-/m1/s1. The van der Waals surface area contributed by atoms with Gasteiger partial charge in [0.05, 0.1) is 19.1 Å².